The Morgan fingerprint density at radius 3 is 2.50 bits per heavy atom. The molecule has 0 fully saturated rings. The highest BCUT2D eigenvalue weighted by atomic mass is 16.5. The van der Waals surface area contributed by atoms with Crippen LogP contribution in [0.3, 0.4) is 0 Å². The topological polar surface area (TPSA) is 60.0 Å². The van der Waals surface area contributed by atoms with Gasteiger partial charge in [0.05, 0.1) is 13.7 Å². The number of nitrogens with zero attached hydrogens (tertiary/aromatic N) is 1. The highest BCUT2D eigenvalue weighted by Crippen LogP contribution is 2.30. The zero-order chi connectivity index (χ0) is 21.8. The van der Waals surface area contributed by atoms with Gasteiger partial charge in [-0.15, -0.1) is 0 Å². The van der Waals surface area contributed by atoms with Gasteiger partial charge in [0, 0.05) is 24.7 Å². The molecule has 0 aliphatic heterocycles. The summed E-state index contributed by atoms with van der Waals surface area (Å²) in [6.07, 6.45) is 1.03. The summed E-state index contributed by atoms with van der Waals surface area (Å²) in [5, 5.41) is 2.92. The second kappa shape index (κ2) is 12.8. The lowest BCUT2D eigenvalue weighted by molar-refractivity contribution is -0.116. The molecule has 0 atom stereocenters. The van der Waals surface area contributed by atoms with Gasteiger partial charge in [0.15, 0.2) is 11.5 Å². The van der Waals surface area contributed by atoms with Crippen LogP contribution < -0.4 is 19.5 Å². The first-order valence-electron chi connectivity index (χ1n) is 10.6. The summed E-state index contributed by atoms with van der Waals surface area (Å²) in [6.45, 7) is 10.2. The Morgan fingerprint density at radius 1 is 1.00 bits per heavy atom. The smallest absolute Gasteiger partial charge is 0.224 e. The van der Waals surface area contributed by atoms with Crippen molar-refractivity contribution in [2.75, 3.05) is 45.3 Å². The molecule has 0 heterocycles. The number of hydrogen-bond donors (Lipinski definition) is 1. The maximum Gasteiger partial charge on any atom is 0.224 e. The van der Waals surface area contributed by atoms with Gasteiger partial charge in [-0.1, -0.05) is 26.0 Å². The molecule has 2 aromatic carbocycles. The predicted molar refractivity (Wildman–Crippen MR) is 121 cm³/mol. The fourth-order valence-corrected chi connectivity index (χ4v) is 3.04. The molecule has 1 amide bonds. The number of hydrogen-bond acceptors (Lipinski definition) is 5. The Labute approximate surface area is 180 Å². The number of ether oxygens (including phenoxy) is 3. The van der Waals surface area contributed by atoms with Gasteiger partial charge >= 0.3 is 0 Å². The fraction of sp³-hybridized carbons (Fsp3) is 0.458. The van der Waals surface area contributed by atoms with Gasteiger partial charge in [-0.2, -0.15) is 0 Å². The minimum Gasteiger partial charge on any atom is -0.494 e. The van der Waals surface area contributed by atoms with Crippen molar-refractivity contribution in [3.8, 4) is 17.2 Å². The van der Waals surface area contributed by atoms with E-state index < -0.39 is 0 Å². The molecule has 164 valence electrons. The maximum absolute atomic E-state index is 12.3. The van der Waals surface area contributed by atoms with Crippen LogP contribution in [-0.2, 0) is 4.79 Å². The first-order chi connectivity index (χ1) is 14.5. The van der Waals surface area contributed by atoms with Crippen LogP contribution in [0.2, 0.25) is 0 Å². The molecule has 0 saturated heterocycles. The van der Waals surface area contributed by atoms with Crippen LogP contribution in [0.15, 0.2) is 42.5 Å². The molecule has 6 nitrogen and oxygen atoms in total. The number of aryl methyl sites for hydroxylation is 1. The molecule has 2 rings (SSSR count). The lowest BCUT2D eigenvalue weighted by Crippen LogP contribution is -2.28. The number of methoxy groups -OCH3 is 1. The van der Waals surface area contributed by atoms with E-state index in [-0.39, 0.29) is 5.91 Å². The van der Waals surface area contributed by atoms with E-state index in [1.54, 1.807) is 7.11 Å². The summed E-state index contributed by atoms with van der Waals surface area (Å²) >= 11 is 0. The number of carbonyl (C=O) groups excluding carboxylic acids is 1. The lowest BCUT2D eigenvalue weighted by Gasteiger charge is -2.19. The maximum atomic E-state index is 12.3. The van der Waals surface area contributed by atoms with Crippen molar-refractivity contribution in [3.05, 3.63) is 48.0 Å². The molecular formula is C24H34N2O4. The molecule has 0 unspecified atom stereocenters. The highest BCUT2D eigenvalue weighted by molar-refractivity contribution is 5.91. The monoisotopic (exact) mass is 414 g/mol. The van der Waals surface area contributed by atoms with Gasteiger partial charge in [0.1, 0.15) is 12.4 Å². The standard InChI is InChI=1S/C24H34N2O4/c1-5-26(6-2)14-16-30-23-18-20(12-13-22(23)28-4)25-24(27)11-8-15-29-21-10-7-9-19(3)17-21/h7,9-10,12-13,17-18H,5-6,8,11,14-16H2,1-4H3,(H,25,27). The van der Waals surface area contributed by atoms with Crippen molar-refractivity contribution in [1.29, 1.82) is 0 Å². The Kier molecular flexibility index (Phi) is 10.0. The van der Waals surface area contributed by atoms with Gasteiger partial charge in [-0.3, -0.25) is 4.79 Å². The first-order valence-corrected chi connectivity index (χ1v) is 10.6. The van der Waals surface area contributed by atoms with Crippen LogP contribution >= 0.6 is 0 Å². The highest BCUT2D eigenvalue weighted by Gasteiger charge is 2.09. The summed E-state index contributed by atoms with van der Waals surface area (Å²) in [6, 6.07) is 13.3. The Balaban J connectivity index is 1.80. The Bertz CT molecular complexity index is 791. The van der Waals surface area contributed by atoms with E-state index in [1.807, 2.05) is 49.4 Å². The van der Waals surface area contributed by atoms with E-state index in [9.17, 15) is 4.79 Å². The second-order valence-corrected chi connectivity index (χ2v) is 7.06. The van der Waals surface area contributed by atoms with Crippen LogP contribution in [0, 0.1) is 6.92 Å². The van der Waals surface area contributed by atoms with E-state index in [0.29, 0.717) is 43.2 Å². The lowest BCUT2D eigenvalue weighted by atomic mass is 10.2. The number of anilines is 1. The molecule has 0 aliphatic carbocycles. The SMILES string of the molecule is CCN(CC)CCOc1cc(NC(=O)CCCOc2cccc(C)c2)ccc1OC. The Hall–Kier alpha value is -2.73. The molecule has 0 bridgehead atoms. The van der Waals surface area contributed by atoms with Gasteiger partial charge in [0.25, 0.3) is 0 Å². The zero-order valence-electron chi connectivity index (χ0n) is 18.6. The van der Waals surface area contributed by atoms with Crippen LogP contribution in [0.1, 0.15) is 32.3 Å². The van der Waals surface area contributed by atoms with Crippen LogP contribution in [0.25, 0.3) is 0 Å². The second-order valence-electron chi connectivity index (χ2n) is 7.06. The number of nitrogens with one attached hydrogen (secondary N) is 1. The van der Waals surface area contributed by atoms with Crippen LogP contribution in [0.4, 0.5) is 5.69 Å². The summed E-state index contributed by atoms with van der Waals surface area (Å²) in [7, 11) is 1.61. The number of benzene rings is 2. The van der Waals surface area contributed by atoms with Gasteiger partial charge < -0.3 is 24.4 Å². The molecule has 0 saturated carbocycles. The minimum absolute atomic E-state index is 0.0536. The Morgan fingerprint density at radius 2 is 1.80 bits per heavy atom. The summed E-state index contributed by atoms with van der Waals surface area (Å²) in [4.78, 5) is 14.6. The molecule has 30 heavy (non-hydrogen) atoms. The van der Waals surface area contributed by atoms with E-state index in [4.69, 9.17) is 14.2 Å². The molecular weight excluding hydrogens is 380 g/mol. The molecule has 0 spiro atoms. The summed E-state index contributed by atoms with van der Waals surface area (Å²) in [5.74, 6) is 2.06. The molecule has 1 N–H and O–H groups in total. The minimum atomic E-state index is -0.0536. The third kappa shape index (κ3) is 7.95. The predicted octanol–water partition coefficient (Wildman–Crippen LogP) is 4.52. The molecule has 0 radical (unpaired) electrons. The van der Waals surface area contributed by atoms with Crippen molar-refractivity contribution in [2.45, 2.75) is 33.6 Å². The number of carbonyl (C=O) groups is 1. The zero-order valence-corrected chi connectivity index (χ0v) is 18.6. The quantitative estimate of drug-likeness (QED) is 0.488. The largest absolute Gasteiger partial charge is 0.494 e. The average molecular weight is 415 g/mol. The normalized spacial score (nSPS) is 10.7. The van der Waals surface area contributed by atoms with Crippen molar-refractivity contribution in [2.24, 2.45) is 0 Å². The summed E-state index contributed by atoms with van der Waals surface area (Å²) < 4.78 is 17.0. The van der Waals surface area contributed by atoms with Crippen molar-refractivity contribution < 1.29 is 19.0 Å². The van der Waals surface area contributed by atoms with E-state index in [2.05, 4.69) is 24.1 Å². The fourth-order valence-electron chi connectivity index (χ4n) is 3.04. The molecule has 6 heteroatoms. The van der Waals surface area contributed by atoms with Crippen molar-refractivity contribution >= 4 is 11.6 Å². The van der Waals surface area contributed by atoms with Gasteiger partial charge in [0.2, 0.25) is 5.91 Å². The number of likely N-dealkylation sites (N-methyl/N-ethyl adjacent to an activating group) is 1. The third-order valence-corrected chi connectivity index (χ3v) is 4.81. The van der Waals surface area contributed by atoms with Crippen LogP contribution in [-0.4, -0.2) is 50.8 Å². The first kappa shape index (κ1) is 23.5. The van der Waals surface area contributed by atoms with Gasteiger partial charge in [-0.25, -0.2) is 0 Å². The molecule has 0 aliphatic rings. The van der Waals surface area contributed by atoms with E-state index in [0.717, 1.165) is 30.9 Å². The van der Waals surface area contributed by atoms with Gasteiger partial charge in [-0.05, 0) is 56.3 Å². The van der Waals surface area contributed by atoms with Crippen molar-refractivity contribution in [3.63, 3.8) is 0 Å². The summed E-state index contributed by atoms with van der Waals surface area (Å²) in [5.41, 5.74) is 1.85. The van der Waals surface area contributed by atoms with E-state index in [1.165, 1.54) is 0 Å². The van der Waals surface area contributed by atoms with Crippen LogP contribution in [0.5, 0.6) is 17.2 Å². The number of amides is 1. The van der Waals surface area contributed by atoms with E-state index >= 15 is 0 Å². The third-order valence-electron chi connectivity index (χ3n) is 4.81. The van der Waals surface area contributed by atoms with Crippen molar-refractivity contribution in [1.82, 2.24) is 4.90 Å². The molecule has 0 aromatic heterocycles. The average Bonchev–Trinajstić information content (AvgIpc) is 2.74. The number of rotatable bonds is 13. The molecule has 2 aromatic rings.